The van der Waals surface area contributed by atoms with E-state index in [4.69, 9.17) is 10.8 Å². The van der Waals surface area contributed by atoms with Crippen LogP contribution in [0, 0.1) is 0 Å². The van der Waals surface area contributed by atoms with Gasteiger partial charge in [-0.25, -0.2) is 4.79 Å². The second kappa shape index (κ2) is 10.5. The summed E-state index contributed by atoms with van der Waals surface area (Å²) in [5, 5.41) is 26.3. The zero-order chi connectivity index (χ0) is 25.7. The first-order valence-corrected chi connectivity index (χ1v) is 10.6. The van der Waals surface area contributed by atoms with Gasteiger partial charge in [0.15, 0.2) is 5.82 Å². The molecule has 2 heterocycles. The summed E-state index contributed by atoms with van der Waals surface area (Å²) in [6.45, 7) is 1.92. The zero-order valence-corrected chi connectivity index (χ0v) is 18.7. The second-order valence-electron chi connectivity index (χ2n) is 7.87. The van der Waals surface area contributed by atoms with Crippen molar-refractivity contribution in [1.29, 1.82) is 0 Å². The number of carboxylic acid groups (broad SMARTS) is 2. The molecular formula is C21H25N7O7. The molecule has 0 aliphatic carbocycles. The molecule has 2 unspecified atom stereocenters. The number of rotatable bonds is 9. The predicted octanol–water partition coefficient (Wildman–Crippen LogP) is -0.341. The largest absolute Gasteiger partial charge is 0.481 e. The van der Waals surface area contributed by atoms with Gasteiger partial charge in [0.2, 0.25) is 11.9 Å². The number of amides is 2. The zero-order valence-electron chi connectivity index (χ0n) is 18.7. The number of nitrogens with zero attached hydrogens (tertiary/aromatic N) is 2. The maximum atomic E-state index is 12.4. The molecule has 0 spiro atoms. The van der Waals surface area contributed by atoms with Crippen molar-refractivity contribution >= 4 is 46.9 Å². The van der Waals surface area contributed by atoms with Crippen LogP contribution in [0.3, 0.4) is 0 Å². The lowest BCUT2D eigenvalue weighted by Gasteiger charge is -2.31. The molecule has 14 heteroatoms. The minimum absolute atomic E-state index is 0.0208. The number of anilines is 4. The van der Waals surface area contributed by atoms with E-state index >= 15 is 0 Å². The molecule has 3 rings (SSSR count). The summed E-state index contributed by atoms with van der Waals surface area (Å²) in [5.74, 6) is -3.19. The lowest BCUT2D eigenvalue weighted by Crippen LogP contribution is -2.46. The molecule has 1 aliphatic rings. The molecule has 0 bridgehead atoms. The van der Waals surface area contributed by atoms with Gasteiger partial charge in [-0.05, 0) is 30.7 Å². The number of nitrogens with one attached hydrogen (secondary N) is 4. The monoisotopic (exact) mass is 487 g/mol. The molecule has 0 saturated carbocycles. The number of nitrogen functional groups attached to an aromatic ring is 1. The van der Waals surface area contributed by atoms with Crippen LogP contribution in [0.15, 0.2) is 29.1 Å². The number of aromatic nitrogens is 2. The summed E-state index contributed by atoms with van der Waals surface area (Å²) in [4.78, 5) is 66.8. The Bertz CT molecular complexity index is 1200. The van der Waals surface area contributed by atoms with Crippen molar-refractivity contribution in [2.45, 2.75) is 31.8 Å². The van der Waals surface area contributed by atoms with Gasteiger partial charge in [-0.15, -0.1) is 0 Å². The van der Waals surface area contributed by atoms with Crippen LogP contribution in [-0.2, 0) is 14.4 Å². The minimum Gasteiger partial charge on any atom is -0.481 e. The molecule has 2 amide bonds. The van der Waals surface area contributed by atoms with Crippen molar-refractivity contribution in [3.8, 4) is 0 Å². The average Bonchev–Trinajstić information content (AvgIpc) is 2.79. The lowest BCUT2D eigenvalue weighted by molar-refractivity contribution is -0.140. The number of carbonyl (C=O) groups excluding carboxylic acids is 2. The van der Waals surface area contributed by atoms with Gasteiger partial charge < -0.3 is 36.8 Å². The highest BCUT2D eigenvalue weighted by Gasteiger charge is 2.26. The van der Waals surface area contributed by atoms with E-state index in [9.17, 15) is 29.1 Å². The van der Waals surface area contributed by atoms with Gasteiger partial charge in [0.05, 0.1) is 6.04 Å². The van der Waals surface area contributed by atoms with Crippen LogP contribution in [-0.4, -0.2) is 69.1 Å². The quantitative estimate of drug-likeness (QED) is 0.242. The summed E-state index contributed by atoms with van der Waals surface area (Å²) in [6, 6.07) is 4.22. The van der Waals surface area contributed by atoms with Crippen molar-refractivity contribution in [2.24, 2.45) is 0 Å². The SMILES string of the molecule is CC(=O)N(CC1CNc2nc(N)[nH]c(=O)c2N1)c1ccc(C(=O)NC(CCC(=O)O)C(=O)O)cc1. The van der Waals surface area contributed by atoms with Crippen molar-refractivity contribution in [1.82, 2.24) is 15.3 Å². The Hall–Kier alpha value is -4.62. The number of nitrogens with two attached hydrogens (primary N) is 1. The number of benzene rings is 1. The van der Waals surface area contributed by atoms with E-state index in [-0.39, 0.29) is 42.1 Å². The van der Waals surface area contributed by atoms with Crippen LogP contribution in [0.5, 0.6) is 0 Å². The summed E-state index contributed by atoms with van der Waals surface area (Å²) in [6.07, 6.45) is -0.670. The molecule has 0 saturated heterocycles. The number of carbonyl (C=O) groups is 4. The Morgan fingerprint density at radius 1 is 1.23 bits per heavy atom. The van der Waals surface area contributed by atoms with Crippen LogP contribution in [0.25, 0.3) is 0 Å². The van der Waals surface area contributed by atoms with Crippen molar-refractivity contribution < 1.29 is 29.4 Å². The van der Waals surface area contributed by atoms with Crippen molar-refractivity contribution in [2.75, 3.05) is 34.4 Å². The first kappa shape index (κ1) is 25.0. The number of aliphatic carboxylic acids is 2. The van der Waals surface area contributed by atoms with Gasteiger partial charge in [-0.2, -0.15) is 4.98 Å². The lowest BCUT2D eigenvalue weighted by atomic mass is 10.1. The highest BCUT2D eigenvalue weighted by molar-refractivity contribution is 5.98. The fraction of sp³-hybridized carbons (Fsp3) is 0.333. The number of carboxylic acids is 2. The molecule has 1 aliphatic heterocycles. The number of aromatic amines is 1. The average molecular weight is 487 g/mol. The van der Waals surface area contributed by atoms with Crippen LogP contribution in [0.2, 0.25) is 0 Å². The third kappa shape index (κ3) is 6.25. The highest BCUT2D eigenvalue weighted by atomic mass is 16.4. The molecule has 14 nitrogen and oxygen atoms in total. The van der Waals surface area contributed by atoms with E-state index in [1.54, 1.807) is 0 Å². The molecule has 1 aromatic carbocycles. The Balaban J connectivity index is 1.69. The maximum absolute atomic E-state index is 12.4. The molecule has 35 heavy (non-hydrogen) atoms. The maximum Gasteiger partial charge on any atom is 0.326 e. The van der Waals surface area contributed by atoms with Crippen molar-refractivity contribution in [3.05, 3.63) is 40.2 Å². The van der Waals surface area contributed by atoms with Gasteiger partial charge in [0, 0.05) is 37.7 Å². The molecule has 0 fully saturated rings. The minimum atomic E-state index is -1.35. The Labute approximate surface area is 198 Å². The smallest absolute Gasteiger partial charge is 0.326 e. The summed E-state index contributed by atoms with van der Waals surface area (Å²) < 4.78 is 0. The number of H-pyrrole nitrogens is 1. The Morgan fingerprint density at radius 3 is 2.51 bits per heavy atom. The molecule has 0 radical (unpaired) electrons. The molecule has 2 aromatic rings. The Morgan fingerprint density at radius 2 is 1.91 bits per heavy atom. The molecule has 1 aromatic heterocycles. The number of hydrogen-bond donors (Lipinski definition) is 7. The van der Waals surface area contributed by atoms with Gasteiger partial charge in [0.25, 0.3) is 11.5 Å². The summed E-state index contributed by atoms with van der Waals surface area (Å²) >= 11 is 0. The second-order valence-corrected chi connectivity index (χ2v) is 7.87. The van der Waals surface area contributed by atoms with E-state index < -0.39 is 35.9 Å². The standard InChI is InChI=1S/C21H25N7O7/c1-10(29)28(9-12-8-23-17-16(24-12)19(33)27-21(22)26-17)13-4-2-11(3-5-13)18(32)25-14(20(34)35)6-7-15(30)31/h2-5,12,14,24H,6-9H2,1H3,(H,25,32)(H,30,31)(H,34,35)(H4,22,23,26,27,33). The highest BCUT2D eigenvalue weighted by Crippen LogP contribution is 2.22. The van der Waals surface area contributed by atoms with E-state index in [1.165, 1.54) is 36.1 Å². The van der Waals surface area contributed by atoms with Gasteiger partial charge >= 0.3 is 11.9 Å². The van der Waals surface area contributed by atoms with Crippen LogP contribution in [0.4, 0.5) is 23.1 Å². The van der Waals surface area contributed by atoms with E-state index in [0.29, 0.717) is 18.1 Å². The number of fused-ring (bicyclic) bond motifs is 1. The molecule has 2 atom stereocenters. The Kier molecular flexibility index (Phi) is 7.53. The summed E-state index contributed by atoms with van der Waals surface area (Å²) in [5.41, 5.74) is 5.93. The van der Waals surface area contributed by atoms with Crippen LogP contribution in [0.1, 0.15) is 30.1 Å². The molecule has 8 N–H and O–H groups in total. The third-order valence-corrected chi connectivity index (χ3v) is 5.28. The first-order valence-electron chi connectivity index (χ1n) is 10.6. The van der Waals surface area contributed by atoms with Gasteiger partial charge in [-0.3, -0.25) is 24.2 Å². The van der Waals surface area contributed by atoms with E-state index in [0.717, 1.165) is 0 Å². The topological polar surface area (TPSA) is 220 Å². The normalized spacial score (nSPS) is 15.1. The summed E-state index contributed by atoms with van der Waals surface area (Å²) in [7, 11) is 0. The van der Waals surface area contributed by atoms with Crippen LogP contribution < -0.4 is 32.1 Å². The molecular weight excluding hydrogens is 462 g/mol. The first-order chi connectivity index (χ1) is 16.5. The van der Waals surface area contributed by atoms with E-state index in [1.807, 2.05) is 0 Å². The predicted molar refractivity (Wildman–Crippen MR) is 125 cm³/mol. The van der Waals surface area contributed by atoms with Crippen molar-refractivity contribution in [3.63, 3.8) is 0 Å². The van der Waals surface area contributed by atoms with E-state index in [2.05, 4.69) is 25.9 Å². The molecule has 186 valence electrons. The van der Waals surface area contributed by atoms with Gasteiger partial charge in [0.1, 0.15) is 11.7 Å². The van der Waals surface area contributed by atoms with Crippen LogP contribution >= 0.6 is 0 Å². The fourth-order valence-corrected chi connectivity index (χ4v) is 3.53. The number of hydrogen-bond acceptors (Lipinski definition) is 9. The fourth-order valence-electron chi connectivity index (χ4n) is 3.53. The van der Waals surface area contributed by atoms with Gasteiger partial charge in [-0.1, -0.05) is 0 Å². The third-order valence-electron chi connectivity index (χ3n) is 5.28.